The number of aliphatic carboxylic acids is 1. The van der Waals surface area contributed by atoms with Crippen LogP contribution in [0.5, 0.6) is 0 Å². The maximum atomic E-state index is 12.1. The number of carbonyl (C=O) groups is 2. The molecule has 3 rings (SSSR count). The zero-order valence-corrected chi connectivity index (χ0v) is 13.3. The molecule has 1 aromatic heterocycles. The van der Waals surface area contributed by atoms with E-state index in [4.69, 9.17) is 0 Å². The highest BCUT2D eigenvalue weighted by atomic mass is 16.4. The third-order valence-electron chi connectivity index (χ3n) is 4.53. The second-order valence-electron chi connectivity index (χ2n) is 6.45. The Kier molecular flexibility index (Phi) is 4.37. The van der Waals surface area contributed by atoms with E-state index in [1.54, 1.807) is 0 Å². The largest absolute Gasteiger partial charge is 0.480 e. The van der Waals surface area contributed by atoms with Gasteiger partial charge in [-0.2, -0.15) is 0 Å². The molecule has 122 valence electrons. The molecule has 1 saturated carbocycles. The first-order valence-electron chi connectivity index (χ1n) is 8.12. The van der Waals surface area contributed by atoms with Crippen LogP contribution in [0.25, 0.3) is 10.9 Å². The lowest BCUT2D eigenvalue weighted by Crippen LogP contribution is -2.41. The van der Waals surface area contributed by atoms with Gasteiger partial charge in [-0.3, -0.25) is 4.79 Å². The van der Waals surface area contributed by atoms with Crippen LogP contribution in [0.3, 0.4) is 0 Å². The summed E-state index contributed by atoms with van der Waals surface area (Å²) in [7, 11) is 0. The van der Waals surface area contributed by atoms with E-state index in [1.165, 1.54) is 5.56 Å². The van der Waals surface area contributed by atoms with Crippen molar-refractivity contribution in [2.24, 2.45) is 5.92 Å². The van der Waals surface area contributed by atoms with Crippen molar-refractivity contribution in [3.05, 3.63) is 35.5 Å². The molecule has 1 amide bonds. The molecule has 0 radical (unpaired) electrons. The highest BCUT2D eigenvalue weighted by Crippen LogP contribution is 2.33. The third kappa shape index (κ3) is 3.73. The molecule has 0 saturated heterocycles. The fraction of sp³-hybridized carbons (Fsp3) is 0.444. The number of nitrogens with one attached hydrogen (secondary N) is 2. The van der Waals surface area contributed by atoms with Crippen LogP contribution in [0.2, 0.25) is 0 Å². The Bertz CT molecular complexity index is 731. The number of aryl methyl sites for hydroxylation is 2. The third-order valence-corrected chi connectivity index (χ3v) is 4.53. The van der Waals surface area contributed by atoms with Crippen molar-refractivity contribution in [3.63, 3.8) is 0 Å². The Balaban J connectivity index is 1.59. The van der Waals surface area contributed by atoms with E-state index in [-0.39, 0.29) is 5.91 Å². The van der Waals surface area contributed by atoms with Gasteiger partial charge in [-0.05, 0) is 36.8 Å². The van der Waals surface area contributed by atoms with Gasteiger partial charge in [0, 0.05) is 23.5 Å². The highest BCUT2D eigenvalue weighted by molar-refractivity contribution is 5.87. The van der Waals surface area contributed by atoms with E-state index in [2.05, 4.69) is 10.3 Å². The smallest absolute Gasteiger partial charge is 0.326 e. The SMILES string of the molecule is Cc1cccc2c(CCC(=O)NC(CC3CC3)C(=O)O)c[nH]c12. The van der Waals surface area contributed by atoms with E-state index in [0.717, 1.165) is 29.3 Å². The van der Waals surface area contributed by atoms with Crippen molar-refractivity contribution >= 4 is 22.8 Å². The molecular weight excluding hydrogens is 292 g/mol. The number of fused-ring (bicyclic) bond motifs is 1. The number of carbonyl (C=O) groups excluding carboxylic acids is 1. The summed E-state index contributed by atoms with van der Waals surface area (Å²) in [5.41, 5.74) is 3.36. The summed E-state index contributed by atoms with van der Waals surface area (Å²) < 4.78 is 0. The van der Waals surface area contributed by atoms with Crippen LogP contribution in [0.4, 0.5) is 0 Å². The van der Waals surface area contributed by atoms with E-state index in [1.807, 2.05) is 31.3 Å². The van der Waals surface area contributed by atoms with Gasteiger partial charge in [0.25, 0.3) is 0 Å². The van der Waals surface area contributed by atoms with Crippen molar-refractivity contribution in [3.8, 4) is 0 Å². The minimum absolute atomic E-state index is 0.194. The van der Waals surface area contributed by atoms with Gasteiger partial charge in [0.05, 0.1) is 0 Å². The predicted octanol–water partition coefficient (Wildman–Crippen LogP) is 2.78. The summed E-state index contributed by atoms with van der Waals surface area (Å²) in [5, 5.41) is 13.0. The van der Waals surface area contributed by atoms with Crippen molar-refractivity contribution in [1.29, 1.82) is 0 Å². The van der Waals surface area contributed by atoms with E-state index >= 15 is 0 Å². The zero-order chi connectivity index (χ0) is 16.4. The van der Waals surface area contributed by atoms with Crippen LogP contribution in [-0.4, -0.2) is 28.0 Å². The van der Waals surface area contributed by atoms with Gasteiger partial charge in [-0.1, -0.05) is 31.0 Å². The quantitative estimate of drug-likeness (QED) is 0.735. The molecule has 1 heterocycles. The van der Waals surface area contributed by atoms with Crippen molar-refractivity contribution in [1.82, 2.24) is 10.3 Å². The van der Waals surface area contributed by atoms with Crippen molar-refractivity contribution < 1.29 is 14.7 Å². The molecule has 5 nitrogen and oxygen atoms in total. The molecule has 0 aliphatic heterocycles. The van der Waals surface area contributed by atoms with Gasteiger partial charge in [-0.15, -0.1) is 0 Å². The Morgan fingerprint density at radius 1 is 1.39 bits per heavy atom. The lowest BCUT2D eigenvalue weighted by Gasteiger charge is -2.13. The predicted molar refractivity (Wildman–Crippen MR) is 88.3 cm³/mol. The van der Waals surface area contributed by atoms with Crippen LogP contribution in [0.15, 0.2) is 24.4 Å². The van der Waals surface area contributed by atoms with Gasteiger partial charge in [0.2, 0.25) is 5.91 Å². The number of carboxylic acids is 1. The fourth-order valence-corrected chi connectivity index (χ4v) is 2.99. The molecule has 5 heteroatoms. The lowest BCUT2D eigenvalue weighted by molar-refractivity contribution is -0.142. The van der Waals surface area contributed by atoms with E-state index < -0.39 is 12.0 Å². The minimum atomic E-state index is -0.937. The number of hydrogen-bond donors (Lipinski definition) is 3. The van der Waals surface area contributed by atoms with Crippen LogP contribution in [0, 0.1) is 12.8 Å². The molecular formula is C18H22N2O3. The molecule has 1 atom stereocenters. The maximum absolute atomic E-state index is 12.1. The van der Waals surface area contributed by atoms with Crippen LogP contribution in [0.1, 0.15) is 36.8 Å². The molecule has 2 aromatic rings. The van der Waals surface area contributed by atoms with Gasteiger partial charge in [-0.25, -0.2) is 4.79 Å². The Morgan fingerprint density at radius 3 is 2.87 bits per heavy atom. The number of benzene rings is 1. The van der Waals surface area contributed by atoms with Crippen molar-refractivity contribution in [2.45, 2.75) is 45.1 Å². The van der Waals surface area contributed by atoms with Crippen LogP contribution in [-0.2, 0) is 16.0 Å². The second-order valence-corrected chi connectivity index (χ2v) is 6.45. The maximum Gasteiger partial charge on any atom is 0.326 e. The Hall–Kier alpha value is -2.30. The van der Waals surface area contributed by atoms with Crippen molar-refractivity contribution in [2.75, 3.05) is 0 Å². The first-order valence-corrected chi connectivity index (χ1v) is 8.12. The average molecular weight is 314 g/mol. The number of H-pyrrole nitrogens is 1. The number of rotatable bonds is 7. The summed E-state index contributed by atoms with van der Waals surface area (Å²) in [4.78, 5) is 26.5. The van der Waals surface area contributed by atoms with E-state index in [9.17, 15) is 14.7 Å². The van der Waals surface area contributed by atoms with E-state index in [0.29, 0.717) is 25.2 Å². The molecule has 1 aromatic carbocycles. The number of hydrogen-bond acceptors (Lipinski definition) is 2. The van der Waals surface area contributed by atoms with Crippen LogP contribution >= 0.6 is 0 Å². The van der Waals surface area contributed by atoms with Gasteiger partial charge >= 0.3 is 5.97 Å². The first kappa shape index (κ1) is 15.6. The highest BCUT2D eigenvalue weighted by Gasteiger charge is 2.30. The summed E-state index contributed by atoms with van der Waals surface area (Å²) in [6.45, 7) is 2.05. The summed E-state index contributed by atoms with van der Waals surface area (Å²) >= 11 is 0. The second kappa shape index (κ2) is 6.44. The number of amides is 1. The van der Waals surface area contributed by atoms with Crippen LogP contribution < -0.4 is 5.32 Å². The van der Waals surface area contributed by atoms with Gasteiger partial charge in [0.1, 0.15) is 6.04 Å². The van der Waals surface area contributed by atoms with Gasteiger partial charge < -0.3 is 15.4 Å². The molecule has 1 aliphatic rings. The number of carboxylic acid groups (broad SMARTS) is 1. The monoisotopic (exact) mass is 314 g/mol. The molecule has 1 aliphatic carbocycles. The molecule has 3 N–H and O–H groups in total. The number of aromatic amines is 1. The molecule has 1 fully saturated rings. The standard InChI is InChI=1S/C18H22N2O3/c1-11-3-2-4-14-13(10-19-17(11)14)7-8-16(21)20-15(18(22)23)9-12-5-6-12/h2-4,10,12,15,19H,5-9H2,1H3,(H,20,21)(H,22,23). The number of aromatic nitrogens is 1. The topological polar surface area (TPSA) is 82.2 Å². The fourth-order valence-electron chi connectivity index (χ4n) is 2.99. The summed E-state index contributed by atoms with van der Waals surface area (Å²) in [5.74, 6) is -0.666. The Morgan fingerprint density at radius 2 is 2.17 bits per heavy atom. The molecule has 1 unspecified atom stereocenters. The summed E-state index contributed by atoms with van der Waals surface area (Å²) in [6.07, 6.45) is 5.54. The zero-order valence-electron chi connectivity index (χ0n) is 13.3. The normalized spacial score (nSPS) is 15.5. The molecule has 0 bridgehead atoms. The lowest BCUT2D eigenvalue weighted by atomic mass is 10.1. The first-order chi connectivity index (χ1) is 11.0. The Labute approximate surface area is 135 Å². The average Bonchev–Trinajstić information content (AvgIpc) is 3.23. The van der Waals surface area contributed by atoms with Gasteiger partial charge in [0.15, 0.2) is 0 Å². The molecule has 23 heavy (non-hydrogen) atoms. The minimum Gasteiger partial charge on any atom is -0.480 e. The number of para-hydroxylation sites is 1. The summed E-state index contributed by atoms with van der Waals surface area (Å²) in [6, 6.07) is 5.34. The molecule has 0 spiro atoms.